The summed E-state index contributed by atoms with van der Waals surface area (Å²) in [5, 5.41) is 2.89. The summed E-state index contributed by atoms with van der Waals surface area (Å²) < 4.78 is 0. The Kier molecular flexibility index (Phi) is 8.89. The van der Waals surface area contributed by atoms with Crippen LogP contribution in [0, 0.1) is 0 Å². The van der Waals surface area contributed by atoms with Gasteiger partial charge in [0.15, 0.2) is 5.78 Å². The molecule has 0 aromatic carbocycles. The summed E-state index contributed by atoms with van der Waals surface area (Å²) in [6, 6.07) is 0. The van der Waals surface area contributed by atoms with Crippen molar-refractivity contribution in [3.8, 4) is 0 Å². The first-order chi connectivity index (χ1) is 6.74. The van der Waals surface area contributed by atoms with Crippen molar-refractivity contribution >= 4 is 5.78 Å². The fraction of sp³-hybridized carbons (Fsp3) is 0.909. The first kappa shape index (κ1) is 13.6. The zero-order chi connectivity index (χ0) is 10.8. The highest BCUT2D eigenvalue weighted by molar-refractivity contribution is 5.82. The van der Waals surface area contributed by atoms with Gasteiger partial charge >= 0.3 is 0 Å². The van der Waals surface area contributed by atoms with E-state index in [2.05, 4.69) is 24.1 Å². The average molecular weight is 200 g/mol. The minimum Gasteiger partial charge on any atom is -0.313 e. The number of Topliss-reactive ketones (excluding diaryl/α,β-unsaturated/α-hetero) is 1. The molecule has 0 radical (unpaired) electrons. The number of hydrogen-bond acceptors (Lipinski definition) is 3. The van der Waals surface area contributed by atoms with Crippen LogP contribution in [0.4, 0.5) is 0 Å². The van der Waals surface area contributed by atoms with Gasteiger partial charge in [0.05, 0.1) is 13.1 Å². The smallest absolute Gasteiger partial charge is 0.160 e. The quantitative estimate of drug-likeness (QED) is 0.608. The Morgan fingerprint density at radius 1 is 1.21 bits per heavy atom. The summed E-state index contributed by atoms with van der Waals surface area (Å²) in [4.78, 5) is 13.6. The van der Waals surface area contributed by atoms with Crippen molar-refractivity contribution in [2.45, 2.75) is 33.1 Å². The van der Waals surface area contributed by atoms with Crippen molar-refractivity contribution in [3.63, 3.8) is 0 Å². The molecule has 0 aliphatic carbocycles. The standard InChI is InChI=1S/C11H24N2O/c1-4-6-8-13(7-5-2)10-11(14)9-12-3/h12H,4-10H2,1-3H3. The van der Waals surface area contributed by atoms with Crippen molar-refractivity contribution in [1.29, 1.82) is 0 Å². The number of nitrogens with one attached hydrogen (secondary N) is 1. The number of hydrogen-bond donors (Lipinski definition) is 1. The summed E-state index contributed by atoms with van der Waals surface area (Å²) in [6.45, 7) is 7.53. The molecule has 0 aliphatic heterocycles. The first-order valence-electron chi connectivity index (χ1n) is 5.63. The van der Waals surface area contributed by atoms with E-state index in [9.17, 15) is 4.79 Å². The number of nitrogens with zero attached hydrogens (tertiary/aromatic N) is 1. The first-order valence-corrected chi connectivity index (χ1v) is 5.63. The normalized spacial score (nSPS) is 10.9. The Hall–Kier alpha value is -0.410. The Bertz CT molecular complexity index is 148. The van der Waals surface area contributed by atoms with Crippen molar-refractivity contribution in [2.75, 3.05) is 33.2 Å². The second-order valence-electron chi connectivity index (χ2n) is 3.70. The monoisotopic (exact) mass is 200 g/mol. The molecule has 1 N–H and O–H groups in total. The van der Waals surface area contributed by atoms with Crippen molar-refractivity contribution in [3.05, 3.63) is 0 Å². The third kappa shape index (κ3) is 7.04. The van der Waals surface area contributed by atoms with E-state index in [1.807, 2.05) is 7.05 Å². The summed E-state index contributed by atoms with van der Waals surface area (Å²) in [5.41, 5.74) is 0. The SMILES string of the molecule is CCCCN(CCC)CC(=O)CNC. The van der Waals surface area contributed by atoms with Crippen LogP contribution in [0.25, 0.3) is 0 Å². The van der Waals surface area contributed by atoms with E-state index >= 15 is 0 Å². The van der Waals surface area contributed by atoms with Crippen LogP contribution in [0.5, 0.6) is 0 Å². The molecule has 84 valence electrons. The fourth-order valence-electron chi connectivity index (χ4n) is 1.47. The van der Waals surface area contributed by atoms with Crippen molar-refractivity contribution < 1.29 is 4.79 Å². The van der Waals surface area contributed by atoms with Crippen LogP contribution in [-0.2, 0) is 4.79 Å². The maximum Gasteiger partial charge on any atom is 0.160 e. The van der Waals surface area contributed by atoms with Gasteiger partial charge in [0, 0.05) is 0 Å². The van der Waals surface area contributed by atoms with Gasteiger partial charge in [-0.2, -0.15) is 0 Å². The van der Waals surface area contributed by atoms with E-state index in [4.69, 9.17) is 0 Å². The van der Waals surface area contributed by atoms with Crippen LogP contribution < -0.4 is 5.32 Å². The molecule has 0 unspecified atom stereocenters. The van der Waals surface area contributed by atoms with E-state index in [0.717, 1.165) is 19.5 Å². The highest BCUT2D eigenvalue weighted by Gasteiger charge is 2.08. The van der Waals surface area contributed by atoms with E-state index in [1.165, 1.54) is 12.8 Å². The third-order valence-electron chi connectivity index (χ3n) is 2.14. The van der Waals surface area contributed by atoms with Gasteiger partial charge in [-0.15, -0.1) is 0 Å². The lowest BCUT2D eigenvalue weighted by Gasteiger charge is -2.20. The molecule has 0 saturated carbocycles. The molecule has 0 aromatic heterocycles. The summed E-state index contributed by atoms with van der Waals surface area (Å²) in [6.07, 6.45) is 3.50. The van der Waals surface area contributed by atoms with Gasteiger partial charge in [-0.3, -0.25) is 9.69 Å². The predicted molar refractivity (Wildman–Crippen MR) is 60.6 cm³/mol. The Morgan fingerprint density at radius 2 is 1.93 bits per heavy atom. The zero-order valence-corrected chi connectivity index (χ0v) is 9.81. The summed E-state index contributed by atoms with van der Waals surface area (Å²) in [7, 11) is 1.81. The lowest BCUT2D eigenvalue weighted by Crippen LogP contribution is -2.35. The van der Waals surface area contributed by atoms with Gasteiger partial charge in [0.2, 0.25) is 0 Å². The molecule has 0 spiro atoms. The van der Waals surface area contributed by atoms with Gasteiger partial charge < -0.3 is 5.32 Å². The second kappa shape index (κ2) is 9.16. The minimum absolute atomic E-state index is 0.289. The topological polar surface area (TPSA) is 32.3 Å². The lowest BCUT2D eigenvalue weighted by molar-refractivity contribution is -0.119. The molecule has 3 heteroatoms. The van der Waals surface area contributed by atoms with Gasteiger partial charge in [0.25, 0.3) is 0 Å². The number of carbonyl (C=O) groups excluding carboxylic acids is 1. The molecule has 0 rings (SSSR count). The molecular formula is C11H24N2O. The second-order valence-corrected chi connectivity index (χ2v) is 3.70. The van der Waals surface area contributed by atoms with E-state index < -0.39 is 0 Å². The maximum absolute atomic E-state index is 11.4. The molecule has 14 heavy (non-hydrogen) atoms. The minimum atomic E-state index is 0.289. The van der Waals surface area contributed by atoms with Crippen LogP contribution >= 0.6 is 0 Å². The largest absolute Gasteiger partial charge is 0.313 e. The van der Waals surface area contributed by atoms with E-state index in [0.29, 0.717) is 13.1 Å². The highest BCUT2D eigenvalue weighted by atomic mass is 16.1. The van der Waals surface area contributed by atoms with Gasteiger partial charge in [-0.05, 0) is 33.0 Å². The Morgan fingerprint density at radius 3 is 2.43 bits per heavy atom. The lowest BCUT2D eigenvalue weighted by atomic mass is 10.2. The van der Waals surface area contributed by atoms with Crippen molar-refractivity contribution in [1.82, 2.24) is 10.2 Å². The molecule has 0 atom stereocenters. The highest BCUT2D eigenvalue weighted by Crippen LogP contribution is 1.96. The fourth-order valence-corrected chi connectivity index (χ4v) is 1.47. The maximum atomic E-state index is 11.4. The van der Waals surface area contributed by atoms with Gasteiger partial charge in [0.1, 0.15) is 0 Å². The summed E-state index contributed by atoms with van der Waals surface area (Å²) in [5.74, 6) is 0.289. The zero-order valence-electron chi connectivity index (χ0n) is 9.81. The molecule has 0 aromatic rings. The molecule has 0 heterocycles. The Balaban J connectivity index is 3.75. The van der Waals surface area contributed by atoms with Crippen molar-refractivity contribution in [2.24, 2.45) is 0 Å². The molecule has 3 nitrogen and oxygen atoms in total. The predicted octanol–water partition coefficient (Wildman–Crippen LogP) is 1.29. The molecule has 0 saturated heterocycles. The molecular weight excluding hydrogens is 176 g/mol. The van der Waals surface area contributed by atoms with Crippen LogP contribution in [0.2, 0.25) is 0 Å². The van der Waals surface area contributed by atoms with Crippen LogP contribution in [-0.4, -0.2) is 43.9 Å². The van der Waals surface area contributed by atoms with Crippen LogP contribution in [0.3, 0.4) is 0 Å². The number of rotatable bonds is 9. The molecule has 0 bridgehead atoms. The third-order valence-corrected chi connectivity index (χ3v) is 2.14. The van der Waals surface area contributed by atoms with Gasteiger partial charge in [-0.25, -0.2) is 0 Å². The van der Waals surface area contributed by atoms with Crippen LogP contribution in [0.15, 0.2) is 0 Å². The molecule has 0 fully saturated rings. The Labute approximate surface area is 87.9 Å². The van der Waals surface area contributed by atoms with Gasteiger partial charge in [-0.1, -0.05) is 20.3 Å². The van der Waals surface area contributed by atoms with E-state index in [1.54, 1.807) is 0 Å². The number of carbonyl (C=O) groups is 1. The van der Waals surface area contributed by atoms with E-state index in [-0.39, 0.29) is 5.78 Å². The molecule has 0 aliphatic rings. The molecule has 0 amide bonds. The number of ketones is 1. The average Bonchev–Trinajstić information content (AvgIpc) is 2.15. The van der Waals surface area contributed by atoms with Crippen LogP contribution in [0.1, 0.15) is 33.1 Å². The number of unbranched alkanes of at least 4 members (excludes halogenated alkanes) is 1. The number of likely N-dealkylation sites (N-methyl/N-ethyl adjacent to an activating group) is 1. The summed E-state index contributed by atoms with van der Waals surface area (Å²) >= 11 is 0.